The maximum Gasteiger partial charge on any atom is 0.390 e. The zero-order valence-corrected chi connectivity index (χ0v) is 9.63. The van der Waals surface area contributed by atoms with Gasteiger partial charge in [0.2, 0.25) is 0 Å². The first kappa shape index (κ1) is 15.0. The van der Waals surface area contributed by atoms with Crippen LogP contribution in [0.2, 0.25) is 0 Å². The van der Waals surface area contributed by atoms with Gasteiger partial charge in [0.15, 0.2) is 0 Å². The summed E-state index contributed by atoms with van der Waals surface area (Å²) >= 11 is 0. The van der Waals surface area contributed by atoms with Crippen molar-refractivity contribution in [2.45, 2.75) is 25.9 Å². The lowest BCUT2D eigenvalue weighted by molar-refractivity contribution is -0.137. The molecule has 0 radical (unpaired) electrons. The monoisotopic (exact) mass is 246 g/mol. The van der Waals surface area contributed by atoms with Crippen molar-refractivity contribution >= 4 is 12.4 Å². The van der Waals surface area contributed by atoms with Crippen molar-refractivity contribution in [3.05, 3.63) is 0 Å². The molecule has 1 aliphatic heterocycles. The van der Waals surface area contributed by atoms with Gasteiger partial charge in [0.25, 0.3) is 0 Å². The van der Waals surface area contributed by atoms with Crippen LogP contribution in [0.25, 0.3) is 0 Å². The van der Waals surface area contributed by atoms with Gasteiger partial charge in [-0.2, -0.15) is 13.2 Å². The number of halogens is 4. The third-order valence-corrected chi connectivity index (χ3v) is 2.84. The number of nitrogens with two attached hydrogens (primary N) is 1. The SMILES string of the molecule is CC1(CN)CCN(CCC(F)(F)F)C1.Cl. The summed E-state index contributed by atoms with van der Waals surface area (Å²) in [5, 5.41) is 0. The third kappa shape index (κ3) is 5.04. The molecule has 0 aromatic heterocycles. The van der Waals surface area contributed by atoms with Crippen LogP contribution in [0.3, 0.4) is 0 Å². The second kappa shape index (κ2) is 5.37. The Morgan fingerprint density at radius 2 is 2.00 bits per heavy atom. The summed E-state index contributed by atoms with van der Waals surface area (Å²) in [4.78, 5) is 1.85. The van der Waals surface area contributed by atoms with Crippen molar-refractivity contribution in [2.24, 2.45) is 11.1 Å². The lowest BCUT2D eigenvalue weighted by atomic mass is 9.90. The number of alkyl halides is 3. The van der Waals surface area contributed by atoms with Gasteiger partial charge in [0.05, 0.1) is 6.42 Å². The van der Waals surface area contributed by atoms with Crippen LogP contribution in [0.1, 0.15) is 19.8 Å². The number of hydrogen-bond acceptors (Lipinski definition) is 2. The lowest BCUT2D eigenvalue weighted by Gasteiger charge is -2.22. The molecule has 1 saturated heterocycles. The number of likely N-dealkylation sites (tertiary alicyclic amines) is 1. The Hall–Kier alpha value is -0.0000000000000000555. The molecule has 1 fully saturated rings. The minimum atomic E-state index is -4.04. The summed E-state index contributed by atoms with van der Waals surface area (Å²) in [6.45, 7) is 4.12. The van der Waals surface area contributed by atoms with E-state index in [0.29, 0.717) is 13.1 Å². The highest BCUT2D eigenvalue weighted by Gasteiger charge is 2.34. The van der Waals surface area contributed by atoms with Gasteiger partial charge in [0.1, 0.15) is 0 Å². The van der Waals surface area contributed by atoms with Gasteiger partial charge in [-0.25, -0.2) is 0 Å². The maximum absolute atomic E-state index is 11.9. The zero-order valence-electron chi connectivity index (χ0n) is 8.81. The average Bonchev–Trinajstić information content (AvgIpc) is 2.44. The van der Waals surface area contributed by atoms with Gasteiger partial charge in [-0.3, -0.25) is 0 Å². The summed E-state index contributed by atoms with van der Waals surface area (Å²) in [5.74, 6) is 0. The normalized spacial score (nSPS) is 27.8. The highest BCUT2D eigenvalue weighted by atomic mass is 35.5. The lowest BCUT2D eigenvalue weighted by Crippen LogP contribution is -2.32. The molecule has 0 aromatic rings. The van der Waals surface area contributed by atoms with E-state index in [-0.39, 0.29) is 24.4 Å². The smallest absolute Gasteiger partial charge is 0.330 e. The average molecular weight is 247 g/mol. The largest absolute Gasteiger partial charge is 0.390 e. The number of nitrogens with zero attached hydrogens (tertiary/aromatic N) is 1. The molecule has 0 amide bonds. The first-order valence-corrected chi connectivity index (χ1v) is 4.84. The van der Waals surface area contributed by atoms with Gasteiger partial charge in [-0.15, -0.1) is 12.4 Å². The van der Waals surface area contributed by atoms with Crippen LogP contribution in [0, 0.1) is 5.41 Å². The molecule has 0 aliphatic carbocycles. The highest BCUT2D eigenvalue weighted by molar-refractivity contribution is 5.85. The van der Waals surface area contributed by atoms with Crippen LogP contribution in [-0.2, 0) is 0 Å². The molecule has 6 heteroatoms. The van der Waals surface area contributed by atoms with Crippen molar-refractivity contribution in [1.82, 2.24) is 4.90 Å². The van der Waals surface area contributed by atoms with E-state index in [2.05, 4.69) is 0 Å². The standard InChI is InChI=1S/C9H17F3N2.ClH/c1-8(6-13)2-4-14(7-8)5-3-9(10,11)12;/h2-7,13H2,1H3;1H. The maximum atomic E-state index is 11.9. The molecular formula is C9H18ClF3N2. The predicted molar refractivity (Wildman–Crippen MR) is 56.1 cm³/mol. The summed E-state index contributed by atoms with van der Waals surface area (Å²) < 4.78 is 35.8. The van der Waals surface area contributed by atoms with Gasteiger partial charge >= 0.3 is 6.18 Å². The van der Waals surface area contributed by atoms with Gasteiger partial charge in [-0.05, 0) is 24.9 Å². The molecule has 0 aromatic carbocycles. The Labute approximate surface area is 94.4 Å². The Bertz CT molecular complexity index is 198. The summed E-state index contributed by atoms with van der Waals surface area (Å²) in [7, 11) is 0. The van der Waals surface area contributed by atoms with E-state index in [1.165, 1.54) is 0 Å². The summed E-state index contributed by atoms with van der Waals surface area (Å²) in [5.41, 5.74) is 5.58. The van der Waals surface area contributed by atoms with E-state index in [9.17, 15) is 13.2 Å². The Morgan fingerprint density at radius 1 is 1.40 bits per heavy atom. The van der Waals surface area contributed by atoms with E-state index < -0.39 is 12.6 Å². The number of rotatable bonds is 3. The molecule has 2 nitrogen and oxygen atoms in total. The second-order valence-electron chi connectivity index (χ2n) is 4.41. The van der Waals surface area contributed by atoms with Crippen molar-refractivity contribution in [1.29, 1.82) is 0 Å². The summed E-state index contributed by atoms with van der Waals surface area (Å²) in [6, 6.07) is 0. The van der Waals surface area contributed by atoms with Crippen LogP contribution in [0.15, 0.2) is 0 Å². The van der Waals surface area contributed by atoms with Crippen molar-refractivity contribution < 1.29 is 13.2 Å². The summed E-state index contributed by atoms with van der Waals surface area (Å²) in [6.07, 6.45) is -3.85. The minimum Gasteiger partial charge on any atom is -0.330 e. The molecule has 1 heterocycles. The molecule has 0 saturated carbocycles. The minimum absolute atomic E-state index is 0. The number of hydrogen-bond donors (Lipinski definition) is 1. The molecule has 1 unspecified atom stereocenters. The van der Waals surface area contributed by atoms with Crippen molar-refractivity contribution in [3.8, 4) is 0 Å². The highest BCUT2D eigenvalue weighted by Crippen LogP contribution is 2.29. The third-order valence-electron chi connectivity index (χ3n) is 2.84. The van der Waals surface area contributed by atoms with Crippen LogP contribution >= 0.6 is 12.4 Å². The van der Waals surface area contributed by atoms with Crippen LogP contribution < -0.4 is 5.73 Å². The first-order chi connectivity index (χ1) is 6.35. The van der Waals surface area contributed by atoms with Crippen LogP contribution in [0.4, 0.5) is 13.2 Å². The van der Waals surface area contributed by atoms with E-state index in [0.717, 1.165) is 13.0 Å². The molecular weight excluding hydrogens is 229 g/mol. The molecule has 2 N–H and O–H groups in total. The van der Waals surface area contributed by atoms with Crippen LogP contribution in [0.5, 0.6) is 0 Å². The molecule has 1 rings (SSSR count). The Balaban J connectivity index is 0.00000196. The van der Waals surface area contributed by atoms with Gasteiger partial charge in [-0.1, -0.05) is 6.92 Å². The quantitative estimate of drug-likeness (QED) is 0.826. The Morgan fingerprint density at radius 3 is 2.40 bits per heavy atom. The fourth-order valence-electron chi connectivity index (χ4n) is 1.77. The van der Waals surface area contributed by atoms with Crippen LogP contribution in [-0.4, -0.2) is 37.3 Å². The van der Waals surface area contributed by atoms with Gasteiger partial charge in [0, 0.05) is 13.1 Å². The van der Waals surface area contributed by atoms with E-state index in [4.69, 9.17) is 5.73 Å². The van der Waals surface area contributed by atoms with E-state index in [1.54, 1.807) is 0 Å². The second-order valence-corrected chi connectivity index (χ2v) is 4.41. The van der Waals surface area contributed by atoms with Crippen molar-refractivity contribution in [3.63, 3.8) is 0 Å². The molecule has 15 heavy (non-hydrogen) atoms. The van der Waals surface area contributed by atoms with E-state index >= 15 is 0 Å². The molecule has 0 spiro atoms. The topological polar surface area (TPSA) is 29.3 Å². The zero-order chi connectivity index (χ0) is 10.8. The predicted octanol–water partition coefficient (Wildman–Crippen LogP) is 2.03. The van der Waals surface area contributed by atoms with Crippen molar-refractivity contribution in [2.75, 3.05) is 26.2 Å². The molecule has 0 bridgehead atoms. The van der Waals surface area contributed by atoms with E-state index in [1.807, 2.05) is 11.8 Å². The van der Waals surface area contributed by atoms with Gasteiger partial charge < -0.3 is 10.6 Å². The first-order valence-electron chi connectivity index (χ1n) is 4.84. The fourth-order valence-corrected chi connectivity index (χ4v) is 1.77. The molecule has 92 valence electrons. The fraction of sp³-hybridized carbons (Fsp3) is 1.00. The molecule has 1 atom stereocenters. The molecule has 1 aliphatic rings. The Kier molecular flexibility index (Phi) is 5.37.